The van der Waals surface area contributed by atoms with E-state index in [1.165, 1.54) is 5.56 Å². The van der Waals surface area contributed by atoms with Crippen molar-refractivity contribution >= 4 is 39.0 Å². The van der Waals surface area contributed by atoms with Crippen LogP contribution in [0.4, 0.5) is 0 Å². The number of nitrogens with one attached hydrogen (secondary N) is 1. The highest BCUT2D eigenvalue weighted by Crippen LogP contribution is 2.26. The van der Waals surface area contributed by atoms with Gasteiger partial charge in [0.25, 0.3) is 5.91 Å². The zero-order chi connectivity index (χ0) is 22.5. The fraction of sp³-hybridized carbons (Fsp3) is 0.154. The Morgan fingerprint density at radius 1 is 1.06 bits per heavy atom. The van der Waals surface area contributed by atoms with E-state index in [9.17, 15) is 4.79 Å². The van der Waals surface area contributed by atoms with Gasteiger partial charge in [-0.25, -0.2) is 5.43 Å². The quantitative estimate of drug-likeness (QED) is 0.271. The smallest absolute Gasteiger partial charge is 0.277 e. The molecule has 3 aromatic carbocycles. The van der Waals surface area contributed by atoms with Crippen LogP contribution in [0.3, 0.4) is 0 Å². The van der Waals surface area contributed by atoms with Crippen molar-refractivity contribution in [1.29, 1.82) is 0 Å². The van der Waals surface area contributed by atoms with Crippen molar-refractivity contribution in [2.24, 2.45) is 5.10 Å². The number of carbonyl (C=O) groups excluding carboxylic acids is 1. The summed E-state index contributed by atoms with van der Waals surface area (Å²) in [6, 6.07) is 24.3. The summed E-state index contributed by atoms with van der Waals surface area (Å²) < 4.78 is 8.67. The summed E-state index contributed by atoms with van der Waals surface area (Å²) in [5, 5.41) is 5.29. The number of hydrogen-bond acceptors (Lipinski definition) is 3. The van der Waals surface area contributed by atoms with Crippen molar-refractivity contribution in [2.45, 2.75) is 20.4 Å². The lowest BCUT2D eigenvalue weighted by Gasteiger charge is -2.08. The zero-order valence-corrected chi connectivity index (χ0v) is 19.6. The number of hydrogen-bond donors (Lipinski definition) is 1. The molecule has 0 aliphatic carbocycles. The Labute approximate surface area is 195 Å². The molecule has 4 aromatic rings. The van der Waals surface area contributed by atoms with E-state index < -0.39 is 0 Å². The SMILES string of the molecule is Cc1ccc(OCC(=O)N/N=C\c2c(C)n(Cc3ccccc3)c3ccccc23)c(Br)c1. The van der Waals surface area contributed by atoms with Gasteiger partial charge in [0.15, 0.2) is 6.61 Å². The highest BCUT2D eigenvalue weighted by atomic mass is 79.9. The van der Waals surface area contributed by atoms with Crippen LogP contribution >= 0.6 is 15.9 Å². The number of hydrazone groups is 1. The summed E-state index contributed by atoms with van der Waals surface area (Å²) in [4.78, 5) is 12.2. The topological polar surface area (TPSA) is 55.6 Å². The second kappa shape index (κ2) is 9.83. The number of amides is 1. The number of fused-ring (bicyclic) bond motifs is 1. The fourth-order valence-corrected chi connectivity index (χ4v) is 4.27. The standard InChI is InChI=1S/C26H24BrN3O2/c1-18-12-13-25(23(27)14-18)32-17-26(31)29-28-15-22-19(2)30(16-20-8-4-3-5-9-20)24-11-7-6-10-21(22)24/h3-15H,16-17H2,1-2H3,(H,29,31)/b28-15-. The van der Waals surface area contributed by atoms with E-state index in [-0.39, 0.29) is 12.5 Å². The Hall–Kier alpha value is -3.38. The van der Waals surface area contributed by atoms with Crippen LogP contribution in [0.2, 0.25) is 0 Å². The van der Waals surface area contributed by atoms with Crippen molar-refractivity contribution in [2.75, 3.05) is 6.61 Å². The molecule has 5 nitrogen and oxygen atoms in total. The Kier molecular flexibility index (Phi) is 6.71. The lowest BCUT2D eigenvalue weighted by Crippen LogP contribution is -2.24. The van der Waals surface area contributed by atoms with Gasteiger partial charge < -0.3 is 9.30 Å². The minimum absolute atomic E-state index is 0.117. The molecule has 1 heterocycles. The number of rotatable bonds is 7. The predicted molar refractivity (Wildman–Crippen MR) is 132 cm³/mol. The zero-order valence-electron chi connectivity index (χ0n) is 18.0. The number of aromatic nitrogens is 1. The number of carbonyl (C=O) groups is 1. The maximum absolute atomic E-state index is 12.2. The van der Waals surface area contributed by atoms with E-state index in [1.54, 1.807) is 6.21 Å². The number of nitrogens with zero attached hydrogens (tertiary/aromatic N) is 2. The molecule has 0 radical (unpaired) electrons. The number of benzene rings is 3. The molecule has 1 amide bonds. The van der Waals surface area contributed by atoms with E-state index in [0.29, 0.717) is 5.75 Å². The van der Waals surface area contributed by atoms with Crippen LogP contribution in [0.1, 0.15) is 22.4 Å². The third-order valence-electron chi connectivity index (χ3n) is 5.29. The molecule has 32 heavy (non-hydrogen) atoms. The first-order chi connectivity index (χ1) is 15.5. The molecule has 162 valence electrons. The Balaban J connectivity index is 1.47. The minimum atomic E-state index is -0.320. The van der Waals surface area contributed by atoms with Gasteiger partial charge in [0, 0.05) is 28.7 Å². The highest BCUT2D eigenvalue weighted by Gasteiger charge is 2.13. The summed E-state index contributed by atoms with van der Waals surface area (Å²) in [6.07, 6.45) is 1.71. The average Bonchev–Trinajstić information content (AvgIpc) is 3.05. The van der Waals surface area contributed by atoms with Gasteiger partial charge in [0.2, 0.25) is 0 Å². The highest BCUT2D eigenvalue weighted by molar-refractivity contribution is 9.10. The first kappa shape index (κ1) is 21.8. The first-order valence-electron chi connectivity index (χ1n) is 10.4. The van der Waals surface area contributed by atoms with Crippen molar-refractivity contribution in [3.05, 3.63) is 99.7 Å². The number of para-hydroxylation sites is 1. The van der Waals surface area contributed by atoms with Gasteiger partial charge in [-0.15, -0.1) is 0 Å². The molecule has 0 aliphatic rings. The van der Waals surface area contributed by atoms with Crippen LogP contribution in [-0.4, -0.2) is 23.3 Å². The van der Waals surface area contributed by atoms with Gasteiger partial charge in [-0.2, -0.15) is 5.10 Å². The molecule has 0 spiro atoms. The van der Waals surface area contributed by atoms with Gasteiger partial charge in [-0.05, 0) is 59.1 Å². The van der Waals surface area contributed by atoms with Gasteiger partial charge in [-0.1, -0.05) is 54.6 Å². The number of halogens is 1. The van der Waals surface area contributed by atoms with Crippen LogP contribution in [-0.2, 0) is 11.3 Å². The molecule has 1 aromatic heterocycles. The summed E-state index contributed by atoms with van der Waals surface area (Å²) in [5.74, 6) is 0.300. The number of aryl methyl sites for hydroxylation is 1. The molecule has 0 saturated carbocycles. The molecule has 4 rings (SSSR count). The Morgan fingerprint density at radius 2 is 1.81 bits per heavy atom. The average molecular weight is 490 g/mol. The normalized spacial score (nSPS) is 11.2. The van der Waals surface area contributed by atoms with Crippen molar-refractivity contribution in [1.82, 2.24) is 9.99 Å². The summed E-state index contributed by atoms with van der Waals surface area (Å²) in [7, 11) is 0. The molecule has 0 saturated heterocycles. The van der Waals surface area contributed by atoms with Crippen LogP contribution < -0.4 is 10.2 Å². The monoisotopic (exact) mass is 489 g/mol. The third-order valence-corrected chi connectivity index (χ3v) is 5.91. The predicted octanol–water partition coefficient (Wildman–Crippen LogP) is 5.60. The van der Waals surface area contributed by atoms with Crippen molar-refractivity contribution in [3.63, 3.8) is 0 Å². The van der Waals surface area contributed by atoms with Crippen molar-refractivity contribution in [3.8, 4) is 5.75 Å². The van der Waals surface area contributed by atoms with E-state index in [1.807, 2.05) is 55.5 Å². The first-order valence-corrected chi connectivity index (χ1v) is 11.1. The Morgan fingerprint density at radius 3 is 2.59 bits per heavy atom. The van der Waals surface area contributed by atoms with Gasteiger partial charge in [0.05, 0.1) is 10.7 Å². The lowest BCUT2D eigenvalue weighted by molar-refractivity contribution is -0.123. The molecule has 1 N–H and O–H groups in total. The van der Waals surface area contributed by atoms with E-state index in [4.69, 9.17) is 4.74 Å². The largest absolute Gasteiger partial charge is 0.483 e. The maximum Gasteiger partial charge on any atom is 0.277 e. The lowest BCUT2D eigenvalue weighted by atomic mass is 10.1. The molecular weight excluding hydrogens is 466 g/mol. The van der Waals surface area contributed by atoms with Gasteiger partial charge in [0.1, 0.15) is 5.75 Å². The molecule has 6 heteroatoms. The number of ether oxygens (including phenoxy) is 1. The summed E-state index contributed by atoms with van der Waals surface area (Å²) in [6.45, 7) is 4.72. The van der Waals surface area contributed by atoms with E-state index >= 15 is 0 Å². The molecule has 0 atom stereocenters. The summed E-state index contributed by atoms with van der Waals surface area (Å²) in [5.41, 5.74) is 8.11. The summed E-state index contributed by atoms with van der Waals surface area (Å²) >= 11 is 3.45. The van der Waals surface area contributed by atoms with Gasteiger partial charge in [-0.3, -0.25) is 4.79 Å². The molecular formula is C26H24BrN3O2. The van der Waals surface area contributed by atoms with Crippen LogP contribution in [0, 0.1) is 13.8 Å². The van der Waals surface area contributed by atoms with E-state index in [0.717, 1.165) is 38.7 Å². The van der Waals surface area contributed by atoms with Gasteiger partial charge >= 0.3 is 0 Å². The second-order valence-corrected chi connectivity index (χ2v) is 8.46. The Bertz CT molecular complexity index is 1280. The van der Waals surface area contributed by atoms with Crippen LogP contribution in [0.25, 0.3) is 10.9 Å². The van der Waals surface area contributed by atoms with Crippen molar-refractivity contribution < 1.29 is 9.53 Å². The molecule has 0 bridgehead atoms. The fourth-order valence-electron chi connectivity index (χ4n) is 3.66. The minimum Gasteiger partial charge on any atom is -0.483 e. The molecule has 0 aliphatic heterocycles. The maximum atomic E-state index is 12.2. The second-order valence-electron chi connectivity index (χ2n) is 7.60. The van der Waals surface area contributed by atoms with Crippen LogP contribution in [0.5, 0.6) is 5.75 Å². The van der Waals surface area contributed by atoms with Crippen LogP contribution in [0.15, 0.2) is 82.4 Å². The third kappa shape index (κ3) is 4.92. The molecule has 0 unspecified atom stereocenters. The van der Waals surface area contributed by atoms with E-state index in [2.05, 4.69) is 62.2 Å². The molecule has 0 fully saturated rings.